The van der Waals surface area contributed by atoms with E-state index in [0.29, 0.717) is 10.4 Å². The molecule has 0 spiro atoms. The molecule has 23 heavy (non-hydrogen) atoms. The summed E-state index contributed by atoms with van der Waals surface area (Å²) in [6.45, 7) is 5.74. The molecule has 0 N–H and O–H groups in total. The second kappa shape index (κ2) is 6.47. The van der Waals surface area contributed by atoms with E-state index in [0.717, 1.165) is 16.9 Å². The summed E-state index contributed by atoms with van der Waals surface area (Å²) in [5.74, 6) is -1.09. The SMILES string of the molecule is C=Cc1ccc(-c2c(F)cc(-c3ccc(CC)cc3)cc2F)s1. The summed E-state index contributed by atoms with van der Waals surface area (Å²) < 4.78 is 29.0. The molecule has 2 aromatic carbocycles. The van der Waals surface area contributed by atoms with E-state index in [4.69, 9.17) is 0 Å². The molecule has 0 nitrogen and oxygen atoms in total. The Morgan fingerprint density at radius 2 is 1.61 bits per heavy atom. The normalized spacial score (nSPS) is 10.7. The molecule has 1 aromatic heterocycles. The molecule has 0 radical (unpaired) electrons. The summed E-state index contributed by atoms with van der Waals surface area (Å²) in [5, 5.41) is 0. The van der Waals surface area contributed by atoms with Crippen LogP contribution >= 0.6 is 11.3 Å². The first kappa shape index (κ1) is 15.6. The molecule has 3 rings (SSSR count). The Bertz CT molecular complexity index is 821. The minimum Gasteiger partial charge on any atom is -0.206 e. The van der Waals surface area contributed by atoms with Gasteiger partial charge in [0, 0.05) is 9.75 Å². The quantitative estimate of drug-likeness (QED) is 0.509. The van der Waals surface area contributed by atoms with E-state index in [2.05, 4.69) is 13.5 Å². The zero-order valence-electron chi connectivity index (χ0n) is 12.8. The largest absolute Gasteiger partial charge is 0.206 e. The lowest BCUT2D eigenvalue weighted by atomic mass is 10.0. The summed E-state index contributed by atoms with van der Waals surface area (Å²) in [6, 6.07) is 14.1. The molecule has 0 aliphatic carbocycles. The van der Waals surface area contributed by atoms with Crippen LogP contribution < -0.4 is 0 Å². The predicted molar refractivity (Wildman–Crippen MR) is 94.6 cm³/mol. The van der Waals surface area contributed by atoms with E-state index < -0.39 is 11.6 Å². The van der Waals surface area contributed by atoms with E-state index in [1.54, 1.807) is 12.1 Å². The lowest BCUT2D eigenvalue weighted by Gasteiger charge is -2.08. The third-order valence-corrected chi connectivity index (χ3v) is 4.91. The highest BCUT2D eigenvalue weighted by molar-refractivity contribution is 7.16. The second-order valence-corrected chi connectivity index (χ2v) is 6.39. The van der Waals surface area contributed by atoms with Gasteiger partial charge in [-0.2, -0.15) is 0 Å². The predicted octanol–water partition coefficient (Wildman–Crippen LogP) is 6.57. The minimum atomic E-state index is -0.544. The van der Waals surface area contributed by atoms with Crippen molar-refractivity contribution in [2.45, 2.75) is 13.3 Å². The van der Waals surface area contributed by atoms with Crippen molar-refractivity contribution in [2.24, 2.45) is 0 Å². The molecule has 0 amide bonds. The number of aryl methyl sites for hydroxylation is 1. The van der Waals surface area contributed by atoms with Crippen LogP contribution in [-0.2, 0) is 6.42 Å². The van der Waals surface area contributed by atoms with Crippen molar-refractivity contribution in [3.63, 3.8) is 0 Å². The molecule has 0 aliphatic rings. The number of hydrogen-bond acceptors (Lipinski definition) is 1. The summed E-state index contributed by atoms with van der Waals surface area (Å²) in [5.41, 5.74) is 2.58. The van der Waals surface area contributed by atoms with Gasteiger partial charge in [0.1, 0.15) is 11.6 Å². The molecule has 1 heterocycles. The Labute approximate surface area is 138 Å². The average molecular weight is 326 g/mol. The molecule has 0 aliphatic heterocycles. The number of hydrogen-bond donors (Lipinski definition) is 0. The number of benzene rings is 2. The Morgan fingerprint density at radius 1 is 0.957 bits per heavy atom. The van der Waals surface area contributed by atoms with Crippen LogP contribution in [0.2, 0.25) is 0 Å². The van der Waals surface area contributed by atoms with Gasteiger partial charge in [0.25, 0.3) is 0 Å². The van der Waals surface area contributed by atoms with Gasteiger partial charge in [-0.25, -0.2) is 8.78 Å². The lowest BCUT2D eigenvalue weighted by molar-refractivity contribution is 0.591. The molecule has 3 aromatic rings. The maximum atomic E-state index is 14.5. The molecule has 0 saturated carbocycles. The number of halogens is 2. The smallest absolute Gasteiger partial charge is 0.135 e. The zero-order chi connectivity index (χ0) is 16.4. The third-order valence-electron chi connectivity index (χ3n) is 3.81. The second-order valence-electron chi connectivity index (χ2n) is 5.27. The first-order valence-electron chi connectivity index (χ1n) is 7.43. The Kier molecular flexibility index (Phi) is 4.39. The fourth-order valence-electron chi connectivity index (χ4n) is 2.50. The lowest BCUT2D eigenvalue weighted by Crippen LogP contribution is -1.91. The summed E-state index contributed by atoms with van der Waals surface area (Å²) in [6.07, 6.45) is 2.61. The van der Waals surface area contributed by atoms with Crippen molar-refractivity contribution in [2.75, 3.05) is 0 Å². The van der Waals surface area contributed by atoms with Gasteiger partial charge in [-0.05, 0) is 47.4 Å². The number of thiophene rings is 1. The first-order chi connectivity index (χ1) is 11.1. The highest BCUT2D eigenvalue weighted by Gasteiger charge is 2.15. The van der Waals surface area contributed by atoms with Gasteiger partial charge in [-0.3, -0.25) is 0 Å². The molecular formula is C20H16F2S. The molecular weight excluding hydrogens is 310 g/mol. The van der Waals surface area contributed by atoms with Crippen molar-refractivity contribution < 1.29 is 8.78 Å². The van der Waals surface area contributed by atoms with Crippen LogP contribution in [0.5, 0.6) is 0 Å². The highest BCUT2D eigenvalue weighted by Crippen LogP contribution is 2.35. The van der Waals surface area contributed by atoms with Crippen molar-refractivity contribution >= 4 is 17.4 Å². The van der Waals surface area contributed by atoms with E-state index in [1.807, 2.05) is 30.3 Å². The fraction of sp³-hybridized carbons (Fsp3) is 0.100. The number of rotatable bonds is 4. The van der Waals surface area contributed by atoms with Gasteiger partial charge in [0.2, 0.25) is 0 Å². The molecule has 0 saturated heterocycles. The first-order valence-corrected chi connectivity index (χ1v) is 8.25. The average Bonchev–Trinajstić information content (AvgIpc) is 3.03. The van der Waals surface area contributed by atoms with Crippen LogP contribution in [0.3, 0.4) is 0 Å². The maximum absolute atomic E-state index is 14.5. The van der Waals surface area contributed by atoms with Crippen molar-refractivity contribution in [3.05, 3.63) is 77.2 Å². The van der Waals surface area contributed by atoms with Gasteiger partial charge < -0.3 is 0 Å². The van der Waals surface area contributed by atoms with E-state index >= 15 is 0 Å². The Morgan fingerprint density at radius 3 is 2.13 bits per heavy atom. The molecule has 0 bridgehead atoms. The Balaban J connectivity index is 2.04. The van der Waals surface area contributed by atoms with Gasteiger partial charge in [0.05, 0.1) is 5.56 Å². The standard InChI is InChI=1S/C20H16F2S/c1-3-13-5-7-14(8-6-13)15-11-17(21)20(18(22)12-15)19-10-9-16(4-2)23-19/h4-12H,2-3H2,1H3. The zero-order valence-corrected chi connectivity index (χ0v) is 13.6. The summed E-state index contributed by atoms with van der Waals surface area (Å²) in [7, 11) is 0. The van der Waals surface area contributed by atoms with Crippen LogP contribution in [-0.4, -0.2) is 0 Å². The van der Waals surface area contributed by atoms with Gasteiger partial charge >= 0.3 is 0 Å². The van der Waals surface area contributed by atoms with Crippen LogP contribution in [0, 0.1) is 11.6 Å². The third kappa shape index (κ3) is 3.10. The molecule has 3 heteroatoms. The van der Waals surface area contributed by atoms with E-state index in [-0.39, 0.29) is 5.56 Å². The van der Waals surface area contributed by atoms with Gasteiger partial charge in [-0.15, -0.1) is 11.3 Å². The van der Waals surface area contributed by atoms with Gasteiger partial charge in [0.15, 0.2) is 0 Å². The van der Waals surface area contributed by atoms with Crippen LogP contribution in [0.1, 0.15) is 17.4 Å². The molecule has 0 atom stereocenters. The van der Waals surface area contributed by atoms with E-state index in [1.165, 1.54) is 29.0 Å². The molecule has 0 fully saturated rings. The highest BCUT2D eigenvalue weighted by atomic mass is 32.1. The monoisotopic (exact) mass is 326 g/mol. The maximum Gasteiger partial charge on any atom is 0.135 e. The van der Waals surface area contributed by atoms with Crippen molar-refractivity contribution in [1.29, 1.82) is 0 Å². The minimum absolute atomic E-state index is 0.0250. The van der Waals surface area contributed by atoms with Crippen molar-refractivity contribution in [1.82, 2.24) is 0 Å². The molecule has 116 valence electrons. The van der Waals surface area contributed by atoms with Crippen LogP contribution in [0.4, 0.5) is 8.78 Å². The van der Waals surface area contributed by atoms with Crippen LogP contribution in [0.25, 0.3) is 27.6 Å². The Hall–Kier alpha value is -2.26. The fourth-order valence-corrected chi connectivity index (χ4v) is 3.41. The van der Waals surface area contributed by atoms with Crippen molar-refractivity contribution in [3.8, 4) is 21.6 Å². The molecule has 0 unspecified atom stereocenters. The van der Waals surface area contributed by atoms with Gasteiger partial charge in [-0.1, -0.05) is 43.8 Å². The topological polar surface area (TPSA) is 0 Å². The van der Waals surface area contributed by atoms with E-state index in [9.17, 15) is 8.78 Å². The summed E-state index contributed by atoms with van der Waals surface area (Å²) >= 11 is 1.32. The van der Waals surface area contributed by atoms with Crippen LogP contribution in [0.15, 0.2) is 55.1 Å². The summed E-state index contributed by atoms with van der Waals surface area (Å²) in [4.78, 5) is 1.46.